The van der Waals surface area contributed by atoms with Crippen molar-refractivity contribution in [2.45, 2.75) is 6.42 Å². The van der Waals surface area contributed by atoms with E-state index in [0.29, 0.717) is 13.2 Å². The Kier molecular flexibility index (Phi) is 6.28. The molecule has 14 heavy (non-hydrogen) atoms. The molecular formula is C11H16O2S. The second-order valence-corrected chi connectivity index (χ2v) is 3.30. The van der Waals surface area contributed by atoms with E-state index in [9.17, 15) is 0 Å². The minimum Gasteiger partial charge on any atom is -0.491 e. The number of ether oxygens (including phenoxy) is 2. The number of benzene rings is 1. The van der Waals surface area contributed by atoms with Gasteiger partial charge in [0, 0.05) is 6.61 Å². The molecule has 0 atom stereocenters. The third-order valence-electron chi connectivity index (χ3n) is 1.69. The topological polar surface area (TPSA) is 18.5 Å². The zero-order chi connectivity index (χ0) is 10.1. The van der Waals surface area contributed by atoms with Gasteiger partial charge in [-0.25, -0.2) is 0 Å². The molecule has 0 unspecified atom stereocenters. The quantitative estimate of drug-likeness (QED) is 0.552. The molecule has 0 aliphatic carbocycles. The van der Waals surface area contributed by atoms with Crippen molar-refractivity contribution >= 4 is 12.6 Å². The van der Waals surface area contributed by atoms with Crippen LogP contribution in [0.25, 0.3) is 0 Å². The lowest BCUT2D eigenvalue weighted by atomic mass is 10.3. The molecule has 0 radical (unpaired) electrons. The Hall–Kier alpha value is -0.670. The number of para-hydroxylation sites is 1. The number of hydrogen-bond donors (Lipinski definition) is 1. The van der Waals surface area contributed by atoms with Crippen molar-refractivity contribution in [1.82, 2.24) is 0 Å². The Morgan fingerprint density at radius 2 is 1.79 bits per heavy atom. The normalized spacial score (nSPS) is 10.1. The van der Waals surface area contributed by atoms with Gasteiger partial charge in [-0.15, -0.1) is 0 Å². The summed E-state index contributed by atoms with van der Waals surface area (Å²) in [4.78, 5) is 0. The molecule has 0 aromatic heterocycles. The molecule has 0 aliphatic heterocycles. The fraction of sp³-hybridized carbons (Fsp3) is 0.455. The van der Waals surface area contributed by atoms with E-state index in [0.717, 1.165) is 24.5 Å². The molecule has 0 saturated carbocycles. The standard InChI is InChI=1S/C11H16O2S/c14-10-4-7-12-8-9-13-11-5-2-1-3-6-11/h1-3,5-6,14H,4,7-10H2. The molecule has 0 fully saturated rings. The maximum absolute atomic E-state index is 5.44. The molecule has 0 N–H and O–H groups in total. The lowest BCUT2D eigenvalue weighted by Gasteiger charge is -2.06. The first-order valence-corrected chi connectivity index (χ1v) is 5.43. The fourth-order valence-electron chi connectivity index (χ4n) is 1.00. The van der Waals surface area contributed by atoms with Crippen LogP contribution in [0.4, 0.5) is 0 Å². The van der Waals surface area contributed by atoms with Crippen molar-refractivity contribution in [3.05, 3.63) is 30.3 Å². The van der Waals surface area contributed by atoms with Crippen LogP contribution in [0, 0.1) is 0 Å². The molecular weight excluding hydrogens is 196 g/mol. The lowest BCUT2D eigenvalue weighted by Crippen LogP contribution is -2.07. The lowest BCUT2D eigenvalue weighted by molar-refractivity contribution is 0.101. The van der Waals surface area contributed by atoms with E-state index in [-0.39, 0.29) is 0 Å². The predicted molar refractivity (Wildman–Crippen MR) is 61.2 cm³/mol. The Balaban J connectivity index is 1.99. The maximum Gasteiger partial charge on any atom is 0.119 e. The van der Waals surface area contributed by atoms with Crippen LogP contribution in [0.5, 0.6) is 5.75 Å². The van der Waals surface area contributed by atoms with E-state index in [2.05, 4.69) is 12.6 Å². The van der Waals surface area contributed by atoms with E-state index >= 15 is 0 Å². The molecule has 78 valence electrons. The molecule has 0 aliphatic rings. The van der Waals surface area contributed by atoms with Gasteiger partial charge in [-0.05, 0) is 24.3 Å². The minimum atomic E-state index is 0.608. The third-order valence-corrected chi connectivity index (χ3v) is 2.00. The van der Waals surface area contributed by atoms with Crippen LogP contribution < -0.4 is 4.74 Å². The summed E-state index contributed by atoms with van der Waals surface area (Å²) in [7, 11) is 0. The molecule has 0 amide bonds. The zero-order valence-corrected chi connectivity index (χ0v) is 9.08. The molecule has 3 heteroatoms. The van der Waals surface area contributed by atoms with Crippen molar-refractivity contribution in [3.8, 4) is 5.75 Å². The van der Waals surface area contributed by atoms with Crippen LogP contribution >= 0.6 is 12.6 Å². The average Bonchev–Trinajstić information content (AvgIpc) is 2.25. The Morgan fingerprint density at radius 1 is 1.00 bits per heavy atom. The van der Waals surface area contributed by atoms with E-state index in [1.165, 1.54) is 0 Å². The summed E-state index contributed by atoms with van der Waals surface area (Å²) in [6, 6.07) is 9.76. The molecule has 2 nitrogen and oxygen atoms in total. The number of rotatable bonds is 7. The summed E-state index contributed by atoms with van der Waals surface area (Å²) in [5, 5.41) is 0. The van der Waals surface area contributed by atoms with Gasteiger partial charge in [-0.3, -0.25) is 0 Å². The van der Waals surface area contributed by atoms with Gasteiger partial charge in [-0.2, -0.15) is 12.6 Å². The number of thiol groups is 1. The van der Waals surface area contributed by atoms with Gasteiger partial charge in [0.05, 0.1) is 6.61 Å². The average molecular weight is 212 g/mol. The van der Waals surface area contributed by atoms with E-state index in [1.54, 1.807) is 0 Å². The van der Waals surface area contributed by atoms with Crippen LogP contribution in [0.3, 0.4) is 0 Å². The van der Waals surface area contributed by atoms with Crippen molar-refractivity contribution in [1.29, 1.82) is 0 Å². The molecule has 0 spiro atoms. The first-order valence-electron chi connectivity index (χ1n) is 4.80. The van der Waals surface area contributed by atoms with Gasteiger partial charge in [0.25, 0.3) is 0 Å². The monoisotopic (exact) mass is 212 g/mol. The second-order valence-electron chi connectivity index (χ2n) is 2.85. The van der Waals surface area contributed by atoms with E-state index in [1.807, 2.05) is 30.3 Å². The Bertz CT molecular complexity index is 226. The fourth-order valence-corrected chi connectivity index (χ4v) is 1.13. The van der Waals surface area contributed by atoms with Crippen LogP contribution in [-0.2, 0) is 4.74 Å². The summed E-state index contributed by atoms with van der Waals surface area (Å²) in [6.45, 7) is 2.01. The van der Waals surface area contributed by atoms with Gasteiger partial charge in [0.2, 0.25) is 0 Å². The Morgan fingerprint density at radius 3 is 2.50 bits per heavy atom. The second kappa shape index (κ2) is 7.71. The van der Waals surface area contributed by atoms with Crippen LogP contribution in [0.15, 0.2) is 30.3 Å². The Labute approximate surface area is 90.6 Å². The molecule has 1 rings (SSSR count). The molecule has 1 aromatic rings. The van der Waals surface area contributed by atoms with Gasteiger partial charge in [-0.1, -0.05) is 18.2 Å². The minimum absolute atomic E-state index is 0.608. The van der Waals surface area contributed by atoms with Crippen molar-refractivity contribution < 1.29 is 9.47 Å². The van der Waals surface area contributed by atoms with Crippen molar-refractivity contribution in [2.24, 2.45) is 0 Å². The summed E-state index contributed by atoms with van der Waals surface area (Å²) < 4.78 is 10.8. The third kappa shape index (κ3) is 5.14. The van der Waals surface area contributed by atoms with Crippen molar-refractivity contribution in [3.63, 3.8) is 0 Å². The zero-order valence-electron chi connectivity index (χ0n) is 8.19. The molecule has 0 saturated heterocycles. The van der Waals surface area contributed by atoms with Gasteiger partial charge >= 0.3 is 0 Å². The highest BCUT2D eigenvalue weighted by atomic mass is 32.1. The SMILES string of the molecule is SCCCOCCOc1ccccc1. The van der Waals surface area contributed by atoms with E-state index in [4.69, 9.17) is 9.47 Å². The highest BCUT2D eigenvalue weighted by Gasteiger charge is 1.91. The van der Waals surface area contributed by atoms with Crippen LogP contribution in [0.1, 0.15) is 6.42 Å². The first-order chi connectivity index (χ1) is 6.93. The van der Waals surface area contributed by atoms with Gasteiger partial charge < -0.3 is 9.47 Å². The highest BCUT2D eigenvalue weighted by molar-refractivity contribution is 7.80. The summed E-state index contributed by atoms with van der Waals surface area (Å²) >= 11 is 4.09. The van der Waals surface area contributed by atoms with Gasteiger partial charge in [0.1, 0.15) is 12.4 Å². The first kappa shape index (κ1) is 11.4. The van der Waals surface area contributed by atoms with Crippen LogP contribution in [0.2, 0.25) is 0 Å². The maximum atomic E-state index is 5.44. The van der Waals surface area contributed by atoms with E-state index < -0.39 is 0 Å². The van der Waals surface area contributed by atoms with Crippen molar-refractivity contribution in [2.75, 3.05) is 25.6 Å². The summed E-state index contributed by atoms with van der Waals surface area (Å²) in [6.07, 6.45) is 0.994. The summed E-state index contributed by atoms with van der Waals surface area (Å²) in [5.41, 5.74) is 0. The predicted octanol–water partition coefficient (Wildman–Crippen LogP) is 2.40. The smallest absolute Gasteiger partial charge is 0.119 e. The van der Waals surface area contributed by atoms with Gasteiger partial charge in [0.15, 0.2) is 0 Å². The molecule has 0 heterocycles. The largest absolute Gasteiger partial charge is 0.491 e. The molecule has 1 aromatic carbocycles. The number of hydrogen-bond acceptors (Lipinski definition) is 3. The highest BCUT2D eigenvalue weighted by Crippen LogP contribution is 2.07. The summed E-state index contributed by atoms with van der Waals surface area (Å²) in [5.74, 6) is 1.77. The van der Waals surface area contributed by atoms with Crippen LogP contribution in [-0.4, -0.2) is 25.6 Å². The molecule has 0 bridgehead atoms.